The maximum absolute atomic E-state index is 12.9. The molecule has 7 heteroatoms. The van der Waals surface area contributed by atoms with E-state index in [2.05, 4.69) is 15.9 Å². The van der Waals surface area contributed by atoms with E-state index in [0.29, 0.717) is 11.4 Å². The van der Waals surface area contributed by atoms with Gasteiger partial charge in [-0.3, -0.25) is 0 Å². The summed E-state index contributed by atoms with van der Waals surface area (Å²) in [5.74, 6) is 0. The Hall–Kier alpha value is -0.210. The Bertz CT molecular complexity index is 702. The normalized spacial score (nSPS) is 15.9. The van der Waals surface area contributed by atoms with Crippen molar-refractivity contribution in [3.63, 3.8) is 0 Å². The van der Waals surface area contributed by atoms with Crippen LogP contribution in [0.2, 0.25) is 0 Å². The van der Waals surface area contributed by atoms with Gasteiger partial charge in [-0.1, -0.05) is 0 Å². The van der Waals surface area contributed by atoms with Gasteiger partial charge in [0, 0.05) is 17.5 Å². The lowest BCUT2D eigenvalue weighted by molar-refractivity contribution is 0.399. The lowest BCUT2D eigenvalue weighted by Gasteiger charge is -2.21. The molecular weight excluding hydrogens is 378 g/mol. The minimum Gasteiger partial charge on any atom is -0.207 e. The highest BCUT2D eigenvalue weighted by atomic mass is 79.9. The molecule has 0 radical (unpaired) electrons. The first-order chi connectivity index (χ1) is 9.48. The quantitative estimate of drug-likeness (QED) is 0.764. The Labute approximate surface area is 135 Å². The average Bonchev–Trinajstić information content (AvgIpc) is 2.96. The summed E-state index contributed by atoms with van der Waals surface area (Å²) in [6, 6.07) is 3.88. The molecule has 0 bridgehead atoms. The van der Waals surface area contributed by atoms with Gasteiger partial charge >= 0.3 is 0 Å². The number of hydrogen-bond donors (Lipinski definition) is 0. The van der Waals surface area contributed by atoms with Gasteiger partial charge < -0.3 is 0 Å². The van der Waals surface area contributed by atoms with E-state index in [1.165, 1.54) is 11.3 Å². The summed E-state index contributed by atoms with van der Waals surface area (Å²) in [7, 11) is -3.41. The van der Waals surface area contributed by atoms with Crippen molar-refractivity contribution in [2.75, 3.05) is 0 Å². The molecule has 3 nitrogen and oxygen atoms in total. The maximum atomic E-state index is 12.9. The van der Waals surface area contributed by atoms with Crippen LogP contribution in [0.1, 0.15) is 23.3 Å². The first kappa shape index (κ1) is 14.7. The van der Waals surface area contributed by atoms with Crippen molar-refractivity contribution in [1.82, 2.24) is 4.31 Å². The Balaban J connectivity index is 1.96. The molecule has 1 aliphatic carbocycles. The van der Waals surface area contributed by atoms with Gasteiger partial charge in [-0.25, -0.2) is 8.42 Å². The fourth-order valence-electron chi connectivity index (χ4n) is 2.15. The molecule has 0 spiro atoms. The second kappa shape index (κ2) is 5.53. The monoisotopic (exact) mass is 391 g/mol. The van der Waals surface area contributed by atoms with Gasteiger partial charge in [-0.15, -0.1) is 11.3 Å². The largest absolute Gasteiger partial charge is 0.244 e. The van der Waals surface area contributed by atoms with Crippen LogP contribution < -0.4 is 0 Å². The van der Waals surface area contributed by atoms with Gasteiger partial charge in [0.2, 0.25) is 10.0 Å². The molecule has 1 saturated carbocycles. The topological polar surface area (TPSA) is 37.4 Å². The summed E-state index contributed by atoms with van der Waals surface area (Å²) in [5.41, 5.74) is 1.07. The van der Waals surface area contributed by atoms with Crippen LogP contribution in [0, 0.1) is 6.92 Å². The highest BCUT2D eigenvalue weighted by Crippen LogP contribution is 2.37. The van der Waals surface area contributed by atoms with Gasteiger partial charge in [0.25, 0.3) is 0 Å². The van der Waals surface area contributed by atoms with Crippen LogP contribution in [0.3, 0.4) is 0 Å². The number of halogens is 1. The predicted octanol–water partition coefficient (Wildman–Crippen LogP) is 4.23. The lowest BCUT2D eigenvalue weighted by atomic mass is 10.3. The van der Waals surface area contributed by atoms with Gasteiger partial charge in [-0.2, -0.15) is 15.6 Å². The van der Waals surface area contributed by atoms with Crippen molar-refractivity contribution < 1.29 is 8.42 Å². The van der Waals surface area contributed by atoms with Crippen LogP contribution in [0.25, 0.3) is 0 Å². The molecule has 3 rings (SSSR count). The van der Waals surface area contributed by atoms with Crippen LogP contribution in [-0.4, -0.2) is 18.8 Å². The summed E-state index contributed by atoms with van der Waals surface area (Å²) >= 11 is 6.44. The first-order valence-corrected chi connectivity index (χ1v) is 10.3. The number of hydrogen-bond acceptors (Lipinski definition) is 4. The lowest BCUT2D eigenvalue weighted by Crippen LogP contribution is -2.32. The fourth-order valence-corrected chi connectivity index (χ4v) is 6.87. The van der Waals surface area contributed by atoms with Gasteiger partial charge in [0.1, 0.15) is 0 Å². The van der Waals surface area contributed by atoms with E-state index >= 15 is 0 Å². The van der Waals surface area contributed by atoms with Gasteiger partial charge in [0.15, 0.2) is 0 Å². The first-order valence-electron chi connectivity index (χ1n) is 6.27. The second-order valence-corrected chi connectivity index (χ2v) is 10.2. The minimum absolute atomic E-state index is 0.165. The number of thiophene rings is 2. The Morgan fingerprint density at radius 3 is 2.70 bits per heavy atom. The maximum Gasteiger partial charge on any atom is 0.244 e. The zero-order chi connectivity index (χ0) is 14.3. The summed E-state index contributed by atoms with van der Waals surface area (Å²) in [6.07, 6.45) is 1.93. The van der Waals surface area contributed by atoms with Gasteiger partial charge in [-0.05, 0) is 64.2 Å². The zero-order valence-corrected chi connectivity index (χ0v) is 14.9. The highest BCUT2D eigenvalue weighted by Gasteiger charge is 2.39. The SMILES string of the molecule is Cc1sc(Br)cc1S(=O)(=O)N(Cc1ccsc1)C1CC1. The number of aryl methyl sites for hydroxylation is 1. The van der Waals surface area contributed by atoms with Crippen LogP contribution in [0.4, 0.5) is 0 Å². The van der Waals surface area contributed by atoms with Crippen LogP contribution in [0.5, 0.6) is 0 Å². The van der Waals surface area contributed by atoms with E-state index in [4.69, 9.17) is 0 Å². The van der Waals surface area contributed by atoms with Crippen molar-refractivity contribution >= 4 is 48.6 Å². The molecule has 2 aromatic heterocycles. The summed E-state index contributed by atoms with van der Waals surface area (Å²) in [6.45, 7) is 2.33. The molecule has 0 atom stereocenters. The summed E-state index contributed by atoms with van der Waals surface area (Å²) < 4.78 is 28.3. The molecule has 20 heavy (non-hydrogen) atoms. The van der Waals surface area contributed by atoms with E-state index in [0.717, 1.165) is 27.1 Å². The van der Waals surface area contributed by atoms with Crippen LogP contribution >= 0.6 is 38.6 Å². The van der Waals surface area contributed by atoms with Crippen molar-refractivity contribution in [2.24, 2.45) is 0 Å². The molecule has 0 N–H and O–H groups in total. The molecule has 1 fully saturated rings. The molecule has 2 heterocycles. The highest BCUT2D eigenvalue weighted by molar-refractivity contribution is 9.11. The number of nitrogens with zero attached hydrogens (tertiary/aromatic N) is 1. The summed E-state index contributed by atoms with van der Waals surface area (Å²) in [5, 5.41) is 4.00. The Morgan fingerprint density at radius 2 is 2.20 bits per heavy atom. The van der Waals surface area contributed by atoms with Crippen molar-refractivity contribution in [3.05, 3.63) is 37.1 Å². The van der Waals surface area contributed by atoms with Crippen molar-refractivity contribution in [1.29, 1.82) is 0 Å². The average molecular weight is 392 g/mol. The molecule has 0 saturated heterocycles. The van der Waals surface area contributed by atoms with E-state index in [1.807, 2.05) is 23.8 Å². The third-order valence-electron chi connectivity index (χ3n) is 3.30. The molecule has 0 aromatic carbocycles. The third-order valence-corrected chi connectivity index (χ3v) is 7.74. The zero-order valence-electron chi connectivity index (χ0n) is 10.9. The fraction of sp³-hybridized carbons (Fsp3) is 0.385. The smallest absolute Gasteiger partial charge is 0.207 e. The molecule has 0 aliphatic heterocycles. The van der Waals surface area contributed by atoms with Crippen LogP contribution in [0.15, 0.2) is 31.6 Å². The van der Waals surface area contributed by atoms with E-state index < -0.39 is 10.0 Å². The van der Waals surface area contributed by atoms with E-state index in [-0.39, 0.29) is 6.04 Å². The van der Waals surface area contributed by atoms with Crippen molar-refractivity contribution in [3.8, 4) is 0 Å². The Morgan fingerprint density at radius 1 is 1.45 bits per heavy atom. The molecule has 2 aromatic rings. The molecule has 1 aliphatic rings. The number of rotatable bonds is 5. The van der Waals surface area contributed by atoms with Gasteiger partial charge in [0.05, 0.1) is 8.68 Å². The predicted molar refractivity (Wildman–Crippen MR) is 86.8 cm³/mol. The van der Waals surface area contributed by atoms with E-state index in [1.54, 1.807) is 21.7 Å². The molecule has 0 unspecified atom stereocenters. The summed E-state index contributed by atoms with van der Waals surface area (Å²) in [4.78, 5) is 1.28. The second-order valence-electron chi connectivity index (χ2n) is 4.88. The standard InChI is InChI=1S/C13H14BrNO2S3/c1-9-12(6-13(14)19-9)20(16,17)15(11-2-3-11)7-10-4-5-18-8-10/h4-6,8,11H,2-3,7H2,1H3. The Kier molecular flexibility index (Phi) is 4.07. The molecular formula is C13H14BrNO2S3. The van der Waals surface area contributed by atoms with Crippen LogP contribution in [-0.2, 0) is 16.6 Å². The number of sulfonamides is 1. The van der Waals surface area contributed by atoms with Crippen molar-refractivity contribution in [2.45, 2.75) is 37.2 Å². The molecule has 0 amide bonds. The third kappa shape index (κ3) is 2.87. The molecule has 108 valence electrons. The van der Waals surface area contributed by atoms with E-state index in [9.17, 15) is 8.42 Å². The minimum atomic E-state index is -3.41.